The Kier molecular flexibility index (Phi) is 4.40. The van der Waals surface area contributed by atoms with E-state index in [0.717, 1.165) is 18.8 Å². The fraction of sp³-hybridized carbons (Fsp3) is 0.722. The van der Waals surface area contributed by atoms with Gasteiger partial charge in [-0.3, -0.25) is 4.98 Å². The molecule has 0 bridgehead atoms. The molecule has 2 heteroatoms. The standard InChI is InChI=1S/C18H27NO/c1-2-13-6-3-8-15(12-13)18(20)16-10-4-7-14-9-5-11-19-17(14)16/h5,9,11,13,15-16,18,20H,2-4,6-8,10,12H2,1H3. The Balaban J connectivity index is 1.76. The molecule has 20 heavy (non-hydrogen) atoms. The minimum atomic E-state index is -0.182. The topological polar surface area (TPSA) is 33.1 Å². The first kappa shape index (κ1) is 14.1. The lowest BCUT2D eigenvalue weighted by molar-refractivity contribution is 0.0404. The third-order valence-electron chi connectivity index (χ3n) is 5.53. The molecule has 1 N–H and O–H groups in total. The van der Waals surface area contributed by atoms with Crippen LogP contribution in [-0.4, -0.2) is 16.2 Å². The third-order valence-corrected chi connectivity index (χ3v) is 5.53. The summed E-state index contributed by atoms with van der Waals surface area (Å²) in [7, 11) is 0. The van der Waals surface area contributed by atoms with E-state index in [1.165, 1.54) is 49.8 Å². The van der Waals surface area contributed by atoms with Crippen LogP contribution in [0.1, 0.15) is 69.0 Å². The maximum Gasteiger partial charge on any atom is 0.0652 e. The number of pyridine rings is 1. The van der Waals surface area contributed by atoms with Crippen molar-refractivity contribution in [2.24, 2.45) is 11.8 Å². The molecule has 0 spiro atoms. The molecular formula is C18H27NO. The van der Waals surface area contributed by atoms with E-state index in [1.807, 2.05) is 12.3 Å². The summed E-state index contributed by atoms with van der Waals surface area (Å²) in [4.78, 5) is 4.60. The Morgan fingerprint density at radius 1 is 1.30 bits per heavy atom. The predicted molar refractivity (Wildman–Crippen MR) is 81.7 cm³/mol. The molecule has 4 atom stereocenters. The molecule has 0 saturated heterocycles. The molecule has 1 aromatic heterocycles. The van der Waals surface area contributed by atoms with Gasteiger partial charge in [-0.2, -0.15) is 0 Å². The lowest BCUT2D eigenvalue weighted by Gasteiger charge is -2.37. The van der Waals surface area contributed by atoms with Gasteiger partial charge in [-0.05, 0) is 55.6 Å². The molecule has 1 saturated carbocycles. The summed E-state index contributed by atoms with van der Waals surface area (Å²) in [6, 6.07) is 4.22. The van der Waals surface area contributed by atoms with E-state index in [1.54, 1.807) is 0 Å². The predicted octanol–water partition coefficient (Wildman–Crippen LogP) is 4.08. The summed E-state index contributed by atoms with van der Waals surface area (Å²) in [5, 5.41) is 10.9. The van der Waals surface area contributed by atoms with Gasteiger partial charge in [0, 0.05) is 17.8 Å². The molecule has 110 valence electrons. The van der Waals surface area contributed by atoms with Gasteiger partial charge in [-0.15, -0.1) is 0 Å². The molecule has 1 fully saturated rings. The van der Waals surface area contributed by atoms with Gasteiger partial charge in [-0.1, -0.05) is 32.3 Å². The van der Waals surface area contributed by atoms with Crippen molar-refractivity contribution >= 4 is 0 Å². The fourth-order valence-corrected chi connectivity index (χ4v) is 4.32. The van der Waals surface area contributed by atoms with Crippen LogP contribution in [0.4, 0.5) is 0 Å². The Hall–Kier alpha value is -0.890. The van der Waals surface area contributed by atoms with Crippen LogP contribution in [-0.2, 0) is 6.42 Å². The number of aryl methyl sites for hydroxylation is 1. The van der Waals surface area contributed by atoms with E-state index < -0.39 is 0 Å². The molecule has 1 aromatic rings. The van der Waals surface area contributed by atoms with Crippen LogP contribution in [0.5, 0.6) is 0 Å². The highest BCUT2D eigenvalue weighted by molar-refractivity contribution is 5.27. The van der Waals surface area contributed by atoms with Gasteiger partial charge in [0.1, 0.15) is 0 Å². The summed E-state index contributed by atoms with van der Waals surface area (Å²) in [5.74, 6) is 1.60. The Morgan fingerprint density at radius 2 is 2.20 bits per heavy atom. The quantitative estimate of drug-likeness (QED) is 0.900. The minimum Gasteiger partial charge on any atom is -0.392 e. The zero-order valence-electron chi connectivity index (χ0n) is 12.6. The molecule has 2 aliphatic rings. The van der Waals surface area contributed by atoms with Crippen molar-refractivity contribution in [3.8, 4) is 0 Å². The number of aliphatic hydroxyl groups excluding tert-OH is 1. The molecule has 2 aliphatic carbocycles. The van der Waals surface area contributed by atoms with E-state index in [0.29, 0.717) is 5.92 Å². The highest BCUT2D eigenvalue weighted by Crippen LogP contribution is 2.40. The number of aromatic nitrogens is 1. The largest absolute Gasteiger partial charge is 0.392 e. The normalized spacial score (nSPS) is 31.6. The molecule has 3 rings (SSSR count). The summed E-state index contributed by atoms with van der Waals surface area (Å²) >= 11 is 0. The van der Waals surface area contributed by atoms with Gasteiger partial charge in [0.05, 0.1) is 6.10 Å². The van der Waals surface area contributed by atoms with E-state index in [-0.39, 0.29) is 12.0 Å². The Labute approximate surface area is 122 Å². The molecule has 4 unspecified atom stereocenters. The molecule has 1 heterocycles. The smallest absolute Gasteiger partial charge is 0.0652 e. The number of hydrogen-bond donors (Lipinski definition) is 1. The first-order valence-electron chi connectivity index (χ1n) is 8.41. The molecule has 0 amide bonds. The fourth-order valence-electron chi connectivity index (χ4n) is 4.32. The Bertz CT molecular complexity index is 445. The van der Waals surface area contributed by atoms with Crippen LogP contribution in [0.3, 0.4) is 0 Å². The average molecular weight is 273 g/mol. The molecule has 0 radical (unpaired) electrons. The number of hydrogen-bond acceptors (Lipinski definition) is 2. The van der Waals surface area contributed by atoms with Gasteiger partial charge in [0.15, 0.2) is 0 Å². The van der Waals surface area contributed by atoms with Crippen LogP contribution in [0.15, 0.2) is 18.3 Å². The number of rotatable bonds is 3. The van der Waals surface area contributed by atoms with Gasteiger partial charge in [-0.25, -0.2) is 0 Å². The molecule has 0 aromatic carbocycles. The van der Waals surface area contributed by atoms with Crippen LogP contribution < -0.4 is 0 Å². The Morgan fingerprint density at radius 3 is 3.05 bits per heavy atom. The average Bonchev–Trinajstić information content (AvgIpc) is 2.53. The second-order valence-electron chi connectivity index (χ2n) is 6.74. The maximum absolute atomic E-state index is 10.9. The van der Waals surface area contributed by atoms with Crippen molar-refractivity contribution in [1.82, 2.24) is 4.98 Å². The zero-order valence-corrected chi connectivity index (χ0v) is 12.6. The van der Waals surface area contributed by atoms with Gasteiger partial charge < -0.3 is 5.11 Å². The SMILES string of the molecule is CCC1CCCC(C(O)C2CCCc3cccnc32)C1. The number of fused-ring (bicyclic) bond motifs is 1. The van der Waals surface area contributed by atoms with Crippen molar-refractivity contribution in [3.63, 3.8) is 0 Å². The maximum atomic E-state index is 10.9. The second-order valence-corrected chi connectivity index (χ2v) is 6.74. The van der Waals surface area contributed by atoms with E-state index >= 15 is 0 Å². The molecular weight excluding hydrogens is 246 g/mol. The van der Waals surface area contributed by atoms with Crippen molar-refractivity contribution in [1.29, 1.82) is 0 Å². The van der Waals surface area contributed by atoms with E-state index in [4.69, 9.17) is 0 Å². The van der Waals surface area contributed by atoms with Crippen LogP contribution in [0.2, 0.25) is 0 Å². The lowest BCUT2D eigenvalue weighted by atomic mass is 9.71. The third kappa shape index (κ3) is 2.76. The van der Waals surface area contributed by atoms with Gasteiger partial charge >= 0.3 is 0 Å². The number of nitrogens with zero attached hydrogens (tertiary/aromatic N) is 1. The van der Waals surface area contributed by atoms with Crippen molar-refractivity contribution in [2.75, 3.05) is 0 Å². The van der Waals surface area contributed by atoms with Crippen molar-refractivity contribution in [2.45, 2.75) is 70.3 Å². The summed E-state index contributed by atoms with van der Waals surface area (Å²) in [6.45, 7) is 2.29. The van der Waals surface area contributed by atoms with Crippen molar-refractivity contribution in [3.05, 3.63) is 29.6 Å². The second kappa shape index (κ2) is 6.26. The summed E-state index contributed by atoms with van der Waals surface area (Å²) in [6.07, 6.45) is 11.5. The minimum absolute atomic E-state index is 0.182. The monoisotopic (exact) mass is 273 g/mol. The number of aliphatic hydroxyl groups is 1. The highest BCUT2D eigenvalue weighted by Gasteiger charge is 2.35. The van der Waals surface area contributed by atoms with Crippen LogP contribution in [0.25, 0.3) is 0 Å². The summed E-state index contributed by atoms with van der Waals surface area (Å²) < 4.78 is 0. The van der Waals surface area contributed by atoms with Crippen molar-refractivity contribution < 1.29 is 5.11 Å². The van der Waals surface area contributed by atoms with Crippen LogP contribution in [0, 0.1) is 11.8 Å². The summed E-state index contributed by atoms with van der Waals surface area (Å²) in [5.41, 5.74) is 2.55. The lowest BCUT2D eigenvalue weighted by Crippen LogP contribution is -2.33. The van der Waals surface area contributed by atoms with E-state index in [9.17, 15) is 5.11 Å². The van der Waals surface area contributed by atoms with Gasteiger partial charge in [0.25, 0.3) is 0 Å². The first-order valence-corrected chi connectivity index (χ1v) is 8.41. The van der Waals surface area contributed by atoms with E-state index in [2.05, 4.69) is 18.0 Å². The van der Waals surface area contributed by atoms with Gasteiger partial charge in [0.2, 0.25) is 0 Å². The van der Waals surface area contributed by atoms with Crippen LogP contribution >= 0.6 is 0 Å². The first-order chi connectivity index (χ1) is 9.79. The molecule has 0 aliphatic heterocycles. The molecule has 2 nitrogen and oxygen atoms in total. The highest BCUT2D eigenvalue weighted by atomic mass is 16.3. The zero-order chi connectivity index (χ0) is 13.9.